The summed E-state index contributed by atoms with van der Waals surface area (Å²) in [4.78, 5) is 10.0. The Hall–Kier alpha value is -1.77. The highest BCUT2D eigenvalue weighted by Crippen LogP contribution is 1.99. The molecule has 1 rings (SSSR count). The van der Waals surface area contributed by atoms with Crippen molar-refractivity contribution in [2.75, 3.05) is 0 Å². The van der Waals surface area contributed by atoms with Gasteiger partial charge in [-0.05, 0) is 11.6 Å². The Morgan fingerprint density at radius 2 is 2.00 bits per heavy atom. The van der Waals surface area contributed by atoms with Crippen LogP contribution in [0.1, 0.15) is 5.56 Å². The summed E-state index contributed by atoms with van der Waals surface area (Å²) in [6.07, 6.45) is 2.02. The highest BCUT2D eigenvalue weighted by Gasteiger charge is 1.86. The third kappa shape index (κ3) is 2.88. The smallest absolute Gasteiger partial charge is 0.408 e. The lowest BCUT2D eigenvalue weighted by Crippen LogP contribution is -2.12. The lowest BCUT2D eigenvalue weighted by Gasteiger charge is -1.91. The van der Waals surface area contributed by atoms with E-state index in [0.29, 0.717) is 0 Å². The fourth-order valence-corrected chi connectivity index (χ4v) is 0.773. The van der Waals surface area contributed by atoms with Crippen LogP contribution in [0.15, 0.2) is 36.5 Å². The molecule has 3 heteroatoms. The average Bonchev–Trinajstić information content (AvgIpc) is 2.05. The van der Waals surface area contributed by atoms with Crippen LogP contribution in [0.5, 0.6) is 0 Å². The number of hydrogen-bond acceptors (Lipinski definition) is 1. The van der Waals surface area contributed by atoms with Crippen molar-refractivity contribution in [3.8, 4) is 0 Å². The molecule has 0 aliphatic carbocycles. The predicted octanol–water partition coefficient (Wildman–Crippen LogP) is 1.92. The third-order valence-corrected chi connectivity index (χ3v) is 1.28. The molecule has 0 aromatic heterocycles. The van der Waals surface area contributed by atoms with Crippen molar-refractivity contribution in [1.82, 2.24) is 5.32 Å². The molecule has 0 spiro atoms. The van der Waals surface area contributed by atoms with Gasteiger partial charge in [-0.3, -0.25) is 5.32 Å². The zero-order chi connectivity index (χ0) is 8.81. The van der Waals surface area contributed by atoms with Gasteiger partial charge in [-0.2, -0.15) is 0 Å². The van der Waals surface area contributed by atoms with E-state index in [1.54, 1.807) is 6.08 Å². The van der Waals surface area contributed by atoms with Gasteiger partial charge in [-0.25, -0.2) is 4.79 Å². The molecule has 0 aliphatic heterocycles. The van der Waals surface area contributed by atoms with E-state index in [1.165, 1.54) is 6.20 Å². The second kappa shape index (κ2) is 4.18. The largest absolute Gasteiger partial charge is 0.465 e. The molecular formula is C9H9NO2. The summed E-state index contributed by atoms with van der Waals surface area (Å²) in [5.74, 6) is 0. The van der Waals surface area contributed by atoms with Gasteiger partial charge in [0.15, 0.2) is 0 Å². The van der Waals surface area contributed by atoms with Gasteiger partial charge in [-0.1, -0.05) is 30.3 Å². The highest BCUT2D eigenvalue weighted by molar-refractivity contribution is 5.67. The Labute approximate surface area is 70.3 Å². The van der Waals surface area contributed by atoms with Gasteiger partial charge < -0.3 is 5.11 Å². The number of carbonyl (C=O) groups is 1. The first-order valence-electron chi connectivity index (χ1n) is 3.50. The average molecular weight is 163 g/mol. The summed E-state index contributed by atoms with van der Waals surface area (Å²) in [7, 11) is 0. The Morgan fingerprint density at radius 3 is 2.58 bits per heavy atom. The minimum Gasteiger partial charge on any atom is -0.465 e. The van der Waals surface area contributed by atoms with E-state index in [4.69, 9.17) is 5.11 Å². The molecule has 0 saturated carbocycles. The van der Waals surface area contributed by atoms with Crippen molar-refractivity contribution in [2.24, 2.45) is 0 Å². The van der Waals surface area contributed by atoms with Crippen LogP contribution in [0.25, 0.3) is 6.08 Å². The van der Waals surface area contributed by atoms with Crippen LogP contribution < -0.4 is 5.32 Å². The van der Waals surface area contributed by atoms with E-state index in [0.717, 1.165) is 5.56 Å². The number of hydrogen-bond donors (Lipinski definition) is 2. The van der Waals surface area contributed by atoms with Crippen molar-refractivity contribution >= 4 is 12.2 Å². The molecule has 1 amide bonds. The van der Waals surface area contributed by atoms with Crippen molar-refractivity contribution in [2.45, 2.75) is 0 Å². The summed E-state index contributed by atoms with van der Waals surface area (Å²) in [6.45, 7) is 0. The third-order valence-electron chi connectivity index (χ3n) is 1.28. The van der Waals surface area contributed by atoms with Gasteiger partial charge >= 0.3 is 6.09 Å². The number of amides is 1. The molecule has 0 heterocycles. The molecule has 0 atom stereocenters. The Balaban J connectivity index is 2.52. The molecule has 0 radical (unpaired) electrons. The molecule has 1 aromatic rings. The minimum atomic E-state index is -1.05. The normalized spacial score (nSPS) is 10.0. The Bertz CT molecular complexity index is 280. The second-order valence-electron chi connectivity index (χ2n) is 2.19. The number of rotatable bonds is 2. The van der Waals surface area contributed by atoms with Crippen LogP contribution >= 0.6 is 0 Å². The molecule has 1 aromatic carbocycles. The van der Waals surface area contributed by atoms with Crippen LogP contribution in [0.3, 0.4) is 0 Å². The molecule has 62 valence electrons. The molecule has 0 unspecified atom stereocenters. The van der Waals surface area contributed by atoms with Crippen LogP contribution in [-0.4, -0.2) is 11.2 Å². The van der Waals surface area contributed by atoms with Gasteiger partial charge in [-0.15, -0.1) is 0 Å². The fourth-order valence-electron chi connectivity index (χ4n) is 0.773. The molecule has 0 fully saturated rings. The topological polar surface area (TPSA) is 49.3 Å². The van der Waals surface area contributed by atoms with Crippen LogP contribution in [0.4, 0.5) is 4.79 Å². The van der Waals surface area contributed by atoms with Gasteiger partial charge in [0, 0.05) is 6.20 Å². The van der Waals surface area contributed by atoms with Crippen LogP contribution in [0, 0.1) is 0 Å². The SMILES string of the molecule is O=C(O)NC=Cc1ccccc1. The summed E-state index contributed by atoms with van der Waals surface area (Å²) in [5, 5.41) is 10.4. The van der Waals surface area contributed by atoms with Crippen molar-refractivity contribution in [3.63, 3.8) is 0 Å². The maximum atomic E-state index is 10.0. The van der Waals surface area contributed by atoms with E-state index in [1.807, 2.05) is 30.3 Å². The Kier molecular flexibility index (Phi) is 2.90. The van der Waals surface area contributed by atoms with E-state index >= 15 is 0 Å². The molecule has 2 N–H and O–H groups in total. The molecular weight excluding hydrogens is 154 g/mol. The Morgan fingerprint density at radius 1 is 1.33 bits per heavy atom. The quantitative estimate of drug-likeness (QED) is 0.699. The molecule has 3 nitrogen and oxygen atoms in total. The minimum absolute atomic E-state index is 0.964. The number of nitrogens with one attached hydrogen (secondary N) is 1. The lowest BCUT2D eigenvalue weighted by molar-refractivity contribution is 0.198. The monoisotopic (exact) mass is 163 g/mol. The first kappa shape index (κ1) is 8.33. The van der Waals surface area contributed by atoms with Crippen molar-refractivity contribution < 1.29 is 9.90 Å². The highest BCUT2D eigenvalue weighted by atomic mass is 16.4. The standard InChI is InChI=1S/C9H9NO2/c11-9(12)10-7-6-8-4-2-1-3-5-8/h1-7,10H,(H,11,12). The fraction of sp³-hybridized carbons (Fsp3) is 0. The molecule has 0 aliphatic rings. The number of benzene rings is 1. The van der Waals surface area contributed by atoms with Crippen molar-refractivity contribution in [3.05, 3.63) is 42.1 Å². The van der Waals surface area contributed by atoms with E-state index in [9.17, 15) is 4.79 Å². The predicted molar refractivity (Wildman–Crippen MR) is 46.6 cm³/mol. The van der Waals surface area contributed by atoms with E-state index in [2.05, 4.69) is 5.32 Å². The van der Waals surface area contributed by atoms with Gasteiger partial charge in [0.1, 0.15) is 0 Å². The summed E-state index contributed by atoms with van der Waals surface area (Å²) in [6, 6.07) is 9.46. The first-order valence-corrected chi connectivity index (χ1v) is 3.50. The molecule has 0 saturated heterocycles. The maximum absolute atomic E-state index is 10.0. The van der Waals surface area contributed by atoms with Crippen LogP contribution in [-0.2, 0) is 0 Å². The molecule has 12 heavy (non-hydrogen) atoms. The second-order valence-corrected chi connectivity index (χ2v) is 2.19. The van der Waals surface area contributed by atoms with Gasteiger partial charge in [0.2, 0.25) is 0 Å². The van der Waals surface area contributed by atoms with E-state index < -0.39 is 6.09 Å². The van der Waals surface area contributed by atoms with Crippen LogP contribution in [0.2, 0.25) is 0 Å². The summed E-state index contributed by atoms with van der Waals surface area (Å²) in [5.41, 5.74) is 0.964. The van der Waals surface area contributed by atoms with Gasteiger partial charge in [0.05, 0.1) is 0 Å². The zero-order valence-electron chi connectivity index (χ0n) is 6.40. The van der Waals surface area contributed by atoms with Gasteiger partial charge in [0.25, 0.3) is 0 Å². The van der Waals surface area contributed by atoms with E-state index in [-0.39, 0.29) is 0 Å². The zero-order valence-corrected chi connectivity index (χ0v) is 6.40. The number of carboxylic acid groups (broad SMARTS) is 1. The first-order chi connectivity index (χ1) is 5.79. The lowest BCUT2D eigenvalue weighted by atomic mass is 10.2. The summed E-state index contributed by atoms with van der Waals surface area (Å²) >= 11 is 0. The molecule has 0 bridgehead atoms. The maximum Gasteiger partial charge on any atom is 0.408 e. The summed E-state index contributed by atoms with van der Waals surface area (Å²) < 4.78 is 0. The van der Waals surface area contributed by atoms with Crippen molar-refractivity contribution in [1.29, 1.82) is 0 Å².